The zero-order valence-corrected chi connectivity index (χ0v) is 11.9. The molecule has 0 aliphatic heterocycles. The van der Waals surface area contributed by atoms with Crippen molar-refractivity contribution in [2.24, 2.45) is 0 Å². The summed E-state index contributed by atoms with van der Waals surface area (Å²) in [5.41, 5.74) is 2.31. The van der Waals surface area contributed by atoms with Gasteiger partial charge in [-0.15, -0.1) is 0 Å². The third-order valence-electron chi connectivity index (χ3n) is 2.65. The number of carboxylic acids is 1. The number of benzene rings is 2. The van der Waals surface area contributed by atoms with Gasteiger partial charge in [-0.1, -0.05) is 53.0 Å². The molecule has 19 heavy (non-hydrogen) atoms. The van der Waals surface area contributed by atoms with E-state index in [9.17, 15) is 4.79 Å². The molecule has 0 saturated carbocycles. The van der Waals surface area contributed by atoms with Crippen LogP contribution in [0.1, 0.15) is 5.56 Å². The van der Waals surface area contributed by atoms with Crippen LogP contribution in [0.3, 0.4) is 0 Å². The lowest BCUT2D eigenvalue weighted by molar-refractivity contribution is -0.136. The second-order valence-corrected chi connectivity index (χ2v) is 5.23. The molecule has 0 atom stereocenters. The van der Waals surface area contributed by atoms with Gasteiger partial charge in [0, 0.05) is 5.02 Å². The van der Waals surface area contributed by atoms with E-state index < -0.39 is 5.97 Å². The van der Waals surface area contributed by atoms with E-state index >= 15 is 0 Å². The molecule has 2 nitrogen and oxygen atoms in total. The summed E-state index contributed by atoms with van der Waals surface area (Å²) in [5.74, 6) is -0.913. The van der Waals surface area contributed by atoms with Gasteiger partial charge in [-0.05, 0) is 34.9 Å². The van der Waals surface area contributed by atoms with Crippen LogP contribution in [-0.2, 0) is 11.2 Å². The van der Waals surface area contributed by atoms with E-state index in [1.807, 2.05) is 12.1 Å². The highest BCUT2D eigenvalue weighted by Gasteiger charge is 2.08. The molecular formula is C14H9Cl3O2. The van der Waals surface area contributed by atoms with Crippen molar-refractivity contribution >= 4 is 40.8 Å². The second-order valence-electron chi connectivity index (χ2n) is 4.01. The summed E-state index contributed by atoms with van der Waals surface area (Å²) >= 11 is 17.9. The van der Waals surface area contributed by atoms with E-state index in [0.717, 1.165) is 11.1 Å². The maximum Gasteiger partial charge on any atom is 0.307 e. The third kappa shape index (κ3) is 3.41. The van der Waals surface area contributed by atoms with E-state index in [0.29, 0.717) is 20.6 Å². The topological polar surface area (TPSA) is 37.3 Å². The lowest BCUT2D eigenvalue weighted by atomic mass is 10.0. The molecule has 0 unspecified atom stereocenters. The molecule has 0 aliphatic carbocycles. The second kappa shape index (κ2) is 5.83. The Morgan fingerprint density at radius 1 is 0.895 bits per heavy atom. The quantitative estimate of drug-likeness (QED) is 0.871. The van der Waals surface area contributed by atoms with Crippen LogP contribution in [0.2, 0.25) is 15.1 Å². The van der Waals surface area contributed by atoms with Gasteiger partial charge < -0.3 is 5.11 Å². The summed E-state index contributed by atoms with van der Waals surface area (Å²) in [7, 11) is 0. The van der Waals surface area contributed by atoms with Gasteiger partial charge in [-0.25, -0.2) is 0 Å². The molecule has 0 amide bonds. The van der Waals surface area contributed by atoms with Crippen molar-refractivity contribution in [2.45, 2.75) is 6.42 Å². The van der Waals surface area contributed by atoms with Crippen LogP contribution in [0, 0.1) is 0 Å². The number of aliphatic carboxylic acids is 1. The number of carbonyl (C=O) groups is 1. The number of hydrogen-bond donors (Lipinski definition) is 1. The van der Waals surface area contributed by atoms with Crippen molar-refractivity contribution in [3.8, 4) is 11.1 Å². The van der Waals surface area contributed by atoms with Gasteiger partial charge in [0.1, 0.15) is 0 Å². The minimum atomic E-state index is -0.913. The SMILES string of the molecule is O=C(O)Cc1ccc(-c2ccc(Cl)c(Cl)c2)cc1Cl. The zero-order valence-electron chi connectivity index (χ0n) is 9.66. The Morgan fingerprint density at radius 2 is 1.47 bits per heavy atom. The summed E-state index contributed by atoms with van der Waals surface area (Å²) < 4.78 is 0. The van der Waals surface area contributed by atoms with Crippen molar-refractivity contribution in [1.82, 2.24) is 0 Å². The first-order chi connectivity index (χ1) is 8.97. The Morgan fingerprint density at radius 3 is 2.00 bits per heavy atom. The van der Waals surface area contributed by atoms with Gasteiger partial charge in [-0.3, -0.25) is 4.79 Å². The largest absolute Gasteiger partial charge is 0.481 e. The van der Waals surface area contributed by atoms with Gasteiger partial charge in [-0.2, -0.15) is 0 Å². The first kappa shape index (κ1) is 14.2. The van der Waals surface area contributed by atoms with Crippen molar-refractivity contribution in [1.29, 1.82) is 0 Å². The summed E-state index contributed by atoms with van der Waals surface area (Å²) in [4.78, 5) is 10.7. The summed E-state index contributed by atoms with van der Waals surface area (Å²) in [6.45, 7) is 0. The monoisotopic (exact) mass is 314 g/mol. The van der Waals surface area contributed by atoms with Gasteiger partial charge in [0.15, 0.2) is 0 Å². The number of carboxylic acid groups (broad SMARTS) is 1. The minimum absolute atomic E-state index is 0.0967. The van der Waals surface area contributed by atoms with E-state index in [1.165, 1.54) is 0 Å². The fourth-order valence-electron chi connectivity index (χ4n) is 1.71. The molecule has 98 valence electrons. The average Bonchev–Trinajstić information content (AvgIpc) is 2.35. The normalized spacial score (nSPS) is 10.5. The predicted molar refractivity (Wildman–Crippen MR) is 78.2 cm³/mol. The van der Waals surface area contributed by atoms with Crippen LogP contribution in [0.4, 0.5) is 0 Å². The molecule has 2 aromatic carbocycles. The molecule has 2 aromatic rings. The minimum Gasteiger partial charge on any atom is -0.481 e. The highest BCUT2D eigenvalue weighted by Crippen LogP contribution is 2.30. The van der Waals surface area contributed by atoms with E-state index in [4.69, 9.17) is 39.9 Å². The van der Waals surface area contributed by atoms with Crippen LogP contribution < -0.4 is 0 Å². The van der Waals surface area contributed by atoms with Gasteiger partial charge in [0.25, 0.3) is 0 Å². The number of hydrogen-bond acceptors (Lipinski definition) is 1. The predicted octanol–water partition coefficient (Wildman–Crippen LogP) is 4.94. The fraction of sp³-hybridized carbons (Fsp3) is 0.0714. The Hall–Kier alpha value is -1.22. The molecule has 0 saturated heterocycles. The van der Waals surface area contributed by atoms with Crippen LogP contribution in [0.15, 0.2) is 36.4 Å². The molecule has 0 aromatic heterocycles. The first-order valence-corrected chi connectivity index (χ1v) is 6.56. The Bertz CT molecular complexity index is 639. The molecule has 5 heteroatoms. The zero-order chi connectivity index (χ0) is 14.0. The standard InChI is InChI=1S/C14H9Cl3O2/c15-11-4-3-9(6-13(11)17)8-1-2-10(7-14(18)19)12(16)5-8/h1-6H,7H2,(H,18,19). The Balaban J connectivity index is 2.38. The highest BCUT2D eigenvalue weighted by atomic mass is 35.5. The fourth-order valence-corrected chi connectivity index (χ4v) is 2.25. The summed E-state index contributed by atoms with van der Waals surface area (Å²) in [5, 5.41) is 10.1. The maximum absolute atomic E-state index is 10.7. The Labute approximate surface area is 125 Å². The first-order valence-electron chi connectivity index (χ1n) is 5.43. The molecule has 0 heterocycles. The molecule has 2 rings (SSSR count). The molecule has 0 aliphatic rings. The van der Waals surface area contributed by atoms with Crippen LogP contribution in [0.25, 0.3) is 11.1 Å². The van der Waals surface area contributed by atoms with E-state index in [2.05, 4.69) is 0 Å². The lowest BCUT2D eigenvalue weighted by Gasteiger charge is -2.07. The van der Waals surface area contributed by atoms with E-state index in [-0.39, 0.29) is 6.42 Å². The number of rotatable bonds is 3. The molecule has 0 fully saturated rings. The molecule has 1 N–H and O–H groups in total. The highest BCUT2D eigenvalue weighted by molar-refractivity contribution is 6.42. The average molecular weight is 316 g/mol. The van der Waals surface area contributed by atoms with Crippen LogP contribution >= 0.6 is 34.8 Å². The summed E-state index contributed by atoms with van der Waals surface area (Å²) in [6.07, 6.45) is -0.0967. The van der Waals surface area contributed by atoms with E-state index in [1.54, 1.807) is 24.3 Å². The smallest absolute Gasteiger partial charge is 0.307 e. The lowest BCUT2D eigenvalue weighted by Crippen LogP contribution is -2.00. The number of halogens is 3. The maximum atomic E-state index is 10.7. The van der Waals surface area contributed by atoms with Crippen LogP contribution in [0.5, 0.6) is 0 Å². The van der Waals surface area contributed by atoms with Crippen molar-refractivity contribution in [3.05, 3.63) is 57.0 Å². The van der Waals surface area contributed by atoms with Crippen molar-refractivity contribution in [3.63, 3.8) is 0 Å². The van der Waals surface area contributed by atoms with Crippen molar-refractivity contribution < 1.29 is 9.90 Å². The molecular weight excluding hydrogens is 307 g/mol. The van der Waals surface area contributed by atoms with Gasteiger partial charge >= 0.3 is 5.97 Å². The third-order valence-corrected chi connectivity index (χ3v) is 3.74. The molecule has 0 bridgehead atoms. The molecule has 0 spiro atoms. The van der Waals surface area contributed by atoms with Crippen LogP contribution in [-0.4, -0.2) is 11.1 Å². The van der Waals surface area contributed by atoms with Crippen molar-refractivity contribution in [2.75, 3.05) is 0 Å². The van der Waals surface area contributed by atoms with Gasteiger partial charge in [0.05, 0.1) is 16.5 Å². The van der Waals surface area contributed by atoms with Gasteiger partial charge in [0.2, 0.25) is 0 Å². The Kier molecular flexibility index (Phi) is 4.35. The molecule has 0 radical (unpaired) electrons. The summed E-state index contributed by atoms with van der Waals surface area (Å²) in [6, 6.07) is 10.5.